The van der Waals surface area contributed by atoms with Crippen molar-refractivity contribution in [1.82, 2.24) is 9.78 Å². The van der Waals surface area contributed by atoms with E-state index in [2.05, 4.69) is 9.84 Å². The first-order chi connectivity index (χ1) is 10.2. The summed E-state index contributed by atoms with van der Waals surface area (Å²) >= 11 is 0. The molecule has 0 spiro atoms. The van der Waals surface area contributed by atoms with Gasteiger partial charge in [0, 0.05) is 11.6 Å². The summed E-state index contributed by atoms with van der Waals surface area (Å²) in [6.07, 6.45) is -1.38. The van der Waals surface area contributed by atoms with E-state index >= 15 is 0 Å². The van der Waals surface area contributed by atoms with Crippen molar-refractivity contribution in [3.63, 3.8) is 0 Å². The molecule has 1 N–H and O–H groups in total. The number of para-hydroxylation sites is 1. The van der Waals surface area contributed by atoms with Gasteiger partial charge >= 0.3 is 6.16 Å². The molecule has 0 saturated carbocycles. The predicted octanol–water partition coefficient (Wildman–Crippen LogP) is 3.60. The summed E-state index contributed by atoms with van der Waals surface area (Å²) in [6, 6.07) is 20.7. The Morgan fingerprint density at radius 1 is 1.00 bits per heavy atom. The third kappa shape index (κ3) is 2.76. The monoisotopic (exact) mass is 280 g/mol. The van der Waals surface area contributed by atoms with Gasteiger partial charge in [0.15, 0.2) is 0 Å². The summed E-state index contributed by atoms with van der Waals surface area (Å²) < 4.78 is 6.32. The Morgan fingerprint density at radius 3 is 2.24 bits per heavy atom. The number of hydrogen-bond donors (Lipinski definition) is 1. The highest BCUT2D eigenvalue weighted by atomic mass is 16.7. The fraction of sp³-hybridized carbons (Fsp3) is 0. The average molecular weight is 280 g/mol. The van der Waals surface area contributed by atoms with E-state index in [1.165, 1.54) is 0 Å². The minimum atomic E-state index is -1.38. The number of benzene rings is 2. The molecular formula is C16H12N2O3. The van der Waals surface area contributed by atoms with E-state index in [1.807, 2.05) is 60.7 Å². The van der Waals surface area contributed by atoms with Crippen molar-refractivity contribution in [3.05, 3.63) is 66.7 Å². The molecule has 21 heavy (non-hydrogen) atoms. The van der Waals surface area contributed by atoms with Crippen LogP contribution in [0.5, 0.6) is 5.88 Å². The van der Waals surface area contributed by atoms with Crippen molar-refractivity contribution in [1.29, 1.82) is 0 Å². The highest BCUT2D eigenvalue weighted by Gasteiger charge is 2.14. The van der Waals surface area contributed by atoms with E-state index in [-0.39, 0.29) is 5.88 Å². The van der Waals surface area contributed by atoms with E-state index in [1.54, 1.807) is 10.7 Å². The van der Waals surface area contributed by atoms with Crippen molar-refractivity contribution < 1.29 is 14.6 Å². The van der Waals surface area contributed by atoms with Gasteiger partial charge in [-0.2, -0.15) is 0 Å². The Kier molecular flexibility index (Phi) is 3.39. The number of carboxylic acid groups (broad SMARTS) is 1. The molecule has 0 atom stereocenters. The molecule has 0 unspecified atom stereocenters. The summed E-state index contributed by atoms with van der Waals surface area (Å²) in [5.74, 6) is 0.0465. The van der Waals surface area contributed by atoms with Crippen LogP contribution in [-0.4, -0.2) is 21.0 Å². The summed E-state index contributed by atoms with van der Waals surface area (Å²) in [6.45, 7) is 0. The van der Waals surface area contributed by atoms with Gasteiger partial charge in [0.2, 0.25) is 5.88 Å². The number of rotatable bonds is 3. The van der Waals surface area contributed by atoms with E-state index in [4.69, 9.17) is 5.11 Å². The van der Waals surface area contributed by atoms with Gasteiger partial charge in [-0.3, -0.25) is 0 Å². The zero-order valence-electron chi connectivity index (χ0n) is 11.0. The summed E-state index contributed by atoms with van der Waals surface area (Å²) in [4.78, 5) is 10.7. The molecule has 0 fully saturated rings. The second-order valence-electron chi connectivity index (χ2n) is 4.35. The molecule has 0 aliphatic rings. The molecule has 3 aromatic rings. The molecule has 0 saturated heterocycles. The Morgan fingerprint density at radius 2 is 1.62 bits per heavy atom. The van der Waals surface area contributed by atoms with Gasteiger partial charge in [0.25, 0.3) is 0 Å². The van der Waals surface area contributed by atoms with Crippen LogP contribution < -0.4 is 4.74 Å². The maximum atomic E-state index is 10.7. The highest BCUT2D eigenvalue weighted by molar-refractivity contribution is 5.66. The molecule has 1 aromatic heterocycles. The van der Waals surface area contributed by atoms with Crippen LogP contribution in [-0.2, 0) is 0 Å². The third-order valence-corrected chi connectivity index (χ3v) is 2.95. The topological polar surface area (TPSA) is 64.3 Å². The molecule has 104 valence electrons. The first-order valence-electron chi connectivity index (χ1n) is 6.36. The zero-order valence-corrected chi connectivity index (χ0v) is 11.0. The number of carbonyl (C=O) groups is 1. The Hall–Kier alpha value is -3.08. The van der Waals surface area contributed by atoms with E-state index < -0.39 is 6.16 Å². The predicted molar refractivity (Wildman–Crippen MR) is 77.7 cm³/mol. The normalized spacial score (nSPS) is 10.3. The quantitative estimate of drug-likeness (QED) is 0.744. The molecule has 0 aliphatic heterocycles. The van der Waals surface area contributed by atoms with Gasteiger partial charge in [-0.25, -0.2) is 9.48 Å². The second kappa shape index (κ2) is 5.50. The van der Waals surface area contributed by atoms with Gasteiger partial charge in [0.05, 0.1) is 11.4 Å². The van der Waals surface area contributed by atoms with Crippen LogP contribution in [0.3, 0.4) is 0 Å². The van der Waals surface area contributed by atoms with Crippen LogP contribution in [0.1, 0.15) is 0 Å². The van der Waals surface area contributed by atoms with Gasteiger partial charge in [-0.05, 0) is 12.1 Å². The largest absolute Gasteiger partial charge is 0.512 e. The maximum Gasteiger partial charge on any atom is 0.512 e. The molecule has 0 aliphatic carbocycles. The van der Waals surface area contributed by atoms with Gasteiger partial charge in [-0.1, -0.05) is 48.5 Å². The minimum Gasteiger partial charge on any atom is -0.449 e. The zero-order chi connectivity index (χ0) is 14.7. The van der Waals surface area contributed by atoms with Crippen LogP contribution in [0.15, 0.2) is 66.7 Å². The van der Waals surface area contributed by atoms with E-state index in [9.17, 15) is 4.79 Å². The fourth-order valence-electron chi connectivity index (χ4n) is 2.08. The lowest BCUT2D eigenvalue weighted by Gasteiger charge is -2.06. The fourth-order valence-corrected chi connectivity index (χ4v) is 2.08. The maximum absolute atomic E-state index is 10.7. The standard InChI is InChI=1S/C16H12N2O3/c19-16(20)21-15-11-14(12-7-3-1-4-8-12)18(17-15)13-9-5-2-6-10-13/h1-11H,(H,19,20). The van der Waals surface area contributed by atoms with Gasteiger partial charge in [0.1, 0.15) is 0 Å². The lowest BCUT2D eigenvalue weighted by atomic mass is 10.1. The van der Waals surface area contributed by atoms with Gasteiger partial charge in [-0.15, -0.1) is 5.10 Å². The van der Waals surface area contributed by atoms with Crippen molar-refractivity contribution in [2.75, 3.05) is 0 Å². The molecule has 1 heterocycles. The minimum absolute atomic E-state index is 0.0465. The third-order valence-electron chi connectivity index (χ3n) is 2.95. The van der Waals surface area contributed by atoms with Crippen molar-refractivity contribution in [2.45, 2.75) is 0 Å². The molecule has 5 nitrogen and oxygen atoms in total. The van der Waals surface area contributed by atoms with Crippen molar-refractivity contribution in [3.8, 4) is 22.8 Å². The number of nitrogens with zero attached hydrogens (tertiary/aromatic N) is 2. The molecule has 3 rings (SSSR count). The molecule has 5 heteroatoms. The first-order valence-corrected chi connectivity index (χ1v) is 6.36. The number of aromatic nitrogens is 2. The van der Waals surface area contributed by atoms with Crippen LogP contribution in [0.2, 0.25) is 0 Å². The number of ether oxygens (including phenoxy) is 1. The van der Waals surface area contributed by atoms with Crippen LogP contribution >= 0.6 is 0 Å². The lowest BCUT2D eigenvalue weighted by Crippen LogP contribution is -2.04. The summed E-state index contributed by atoms with van der Waals surface area (Å²) in [7, 11) is 0. The molecule has 0 bridgehead atoms. The van der Waals surface area contributed by atoms with E-state index in [0.717, 1.165) is 16.9 Å². The lowest BCUT2D eigenvalue weighted by molar-refractivity contribution is 0.142. The van der Waals surface area contributed by atoms with Crippen LogP contribution in [0, 0.1) is 0 Å². The molecule has 0 amide bonds. The Labute approximate surface area is 121 Å². The van der Waals surface area contributed by atoms with Crippen LogP contribution in [0.4, 0.5) is 4.79 Å². The van der Waals surface area contributed by atoms with Crippen LogP contribution in [0.25, 0.3) is 16.9 Å². The first kappa shape index (κ1) is 12.9. The van der Waals surface area contributed by atoms with E-state index in [0.29, 0.717) is 0 Å². The molecule has 2 aromatic carbocycles. The molecular weight excluding hydrogens is 268 g/mol. The highest BCUT2D eigenvalue weighted by Crippen LogP contribution is 2.26. The SMILES string of the molecule is O=C(O)Oc1cc(-c2ccccc2)n(-c2ccccc2)n1. The summed E-state index contributed by atoms with van der Waals surface area (Å²) in [5.41, 5.74) is 2.52. The smallest absolute Gasteiger partial charge is 0.449 e. The Bertz CT molecular complexity index is 695. The summed E-state index contributed by atoms with van der Waals surface area (Å²) in [5, 5.41) is 12.9. The van der Waals surface area contributed by atoms with Crippen molar-refractivity contribution >= 4 is 6.16 Å². The average Bonchev–Trinajstić information content (AvgIpc) is 2.92. The number of hydrogen-bond acceptors (Lipinski definition) is 3. The Balaban J connectivity index is 2.13. The molecule has 0 radical (unpaired) electrons. The van der Waals surface area contributed by atoms with Crippen molar-refractivity contribution in [2.24, 2.45) is 0 Å². The second-order valence-corrected chi connectivity index (χ2v) is 4.35. The van der Waals surface area contributed by atoms with Gasteiger partial charge < -0.3 is 9.84 Å².